The van der Waals surface area contributed by atoms with Crippen LogP contribution >= 0.6 is 11.6 Å². The Hall–Kier alpha value is -2.33. The molecule has 0 saturated carbocycles. The van der Waals surface area contributed by atoms with E-state index in [1.807, 2.05) is 45.0 Å². The van der Waals surface area contributed by atoms with Gasteiger partial charge < -0.3 is 10.6 Å². The lowest BCUT2D eigenvalue weighted by molar-refractivity contribution is -0.124. The highest BCUT2D eigenvalue weighted by Gasteiger charge is 2.24. The summed E-state index contributed by atoms with van der Waals surface area (Å²) in [6.45, 7) is 6.13. The average Bonchev–Trinajstić information content (AvgIpc) is 2.58. The van der Waals surface area contributed by atoms with Crippen molar-refractivity contribution in [3.8, 4) is 0 Å². The maximum absolute atomic E-state index is 12.5. The summed E-state index contributed by atoms with van der Waals surface area (Å²) >= 11 is 5.86. The third kappa shape index (κ3) is 5.61. The Morgan fingerprint density at radius 3 is 2.36 bits per heavy atom. The van der Waals surface area contributed by atoms with E-state index < -0.39 is 6.04 Å². The van der Waals surface area contributed by atoms with Gasteiger partial charge in [0.15, 0.2) is 0 Å². The molecule has 0 aromatic heterocycles. The molecule has 0 radical (unpaired) electrons. The average molecular weight is 359 g/mol. The van der Waals surface area contributed by atoms with Gasteiger partial charge in [-0.25, -0.2) is 0 Å². The smallest absolute Gasteiger partial charge is 0.251 e. The van der Waals surface area contributed by atoms with Gasteiger partial charge >= 0.3 is 0 Å². The normalized spacial score (nSPS) is 11.9. The fourth-order valence-corrected chi connectivity index (χ4v) is 2.57. The number of aryl methyl sites for hydroxylation is 1. The fraction of sp³-hybridized carbons (Fsp3) is 0.300. The minimum Gasteiger partial charge on any atom is -0.350 e. The minimum absolute atomic E-state index is 0.0287. The van der Waals surface area contributed by atoms with Crippen LogP contribution < -0.4 is 10.6 Å². The van der Waals surface area contributed by atoms with Gasteiger partial charge in [0.1, 0.15) is 6.04 Å². The molecule has 2 amide bonds. The lowest BCUT2D eigenvalue weighted by Crippen LogP contribution is -2.49. The number of carbonyl (C=O) groups is 2. The van der Waals surface area contributed by atoms with Crippen LogP contribution in [0.25, 0.3) is 0 Å². The van der Waals surface area contributed by atoms with Crippen molar-refractivity contribution < 1.29 is 9.59 Å². The van der Waals surface area contributed by atoms with Crippen LogP contribution in [0.3, 0.4) is 0 Å². The Labute approximate surface area is 153 Å². The van der Waals surface area contributed by atoms with Crippen molar-refractivity contribution >= 4 is 23.4 Å². The zero-order valence-corrected chi connectivity index (χ0v) is 15.4. The number of nitrogens with one attached hydrogen (secondary N) is 2. The van der Waals surface area contributed by atoms with Gasteiger partial charge in [-0.05, 0) is 42.7 Å². The Morgan fingerprint density at radius 1 is 1.08 bits per heavy atom. The highest BCUT2D eigenvalue weighted by Crippen LogP contribution is 2.10. The molecule has 2 aromatic rings. The second kappa shape index (κ2) is 8.67. The Kier molecular flexibility index (Phi) is 6.59. The summed E-state index contributed by atoms with van der Waals surface area (Å²) in [5, 5.41) is 6.36. The first-order valence-corrected chi connectivity index (χ1v) is 8.64. The van der Waals surface area contributed by atoms with Crippen LogP contribution in [0.2, 0.25) is 5.02 Å². The maximum Gasteiger partial charge on any atom is 0.251 e. The van der Waals surface area contributed by atoms with E-state index >= 15 is 0 Å². The van der Waals surface area contributed by atoms with E-state index in [2.05, 4.69) is 10.6 Å². The molecule has 2 N–H and O–H groups in total. The van der Waals surface area contributed by atoms with E-state index in [-0.39, 0.29) is 17.7 Å². The molecule has 0 spiro atoms. The molecule has 2 aromatic carbocycles. The van der Waals surface area contributed by atoms with Crippen LogP contribution in [0.1, 0.15) is 35.3 Å². The van der Waals surface area contributed by atoms with E-state index in [4.69, 9.17) is 11.6 Å². The van der Waals surface area contributed by atoms with Gasteiger partial charge in [0.05, 0.1) is 0 Å². The lowest BCUT2D eigenvalue weighted by atomic mass is 10.0. The van der Waals surface area contributed by atoms with Crippen molar-refractivity contribution in [2.45, 2.75) is 33.4 Å². The van der Waals surface area contributed by atoms with Crippen LogP contribution in [-0.4, -0.2) is 17.9 Å². The fourth-order valence-electron chi connectivity index (χ4n) is 2.45. The Morgan fingerprint density at radius 2 is 1.76 bits per heavy atom. The summed E-state index contributed by atoms with van der Waals surface area (Å²) in [7, 11) is 0. The molecule has 0 saturated heterocycles. The largest absolute Gasteiger partial charge is 0.350 e. The number of carbonyl (C=O) groups excluding carboxylic acids is 2. The first-order valence-electron chi connectivity index (χ1n) is 8.26. The van der Waals surface area contributed by atoms with Crippen LogP contribution in [-0.2, 0) is 11.3 Å². The van der Waals surface area contributed by atoms with Crippen LogP contribution in [0.5, 0.6) is 0 Å². The molecule has 0 heterocycles. The summed E-state index contributed by atoms with van der Waals surface area (Å²) in [6.07, 6.45) is 0. The van der Waals surface area contributed by atoms with Crippen molar-refractivity contribution in [2.24, 2.45) is 5.92 Å². The number of hydrogen-bond donors (Lipinski definition) is 2. The van der Waals surface area contributed by atoms with Crippen molar-refractivity contribution in [2.75, 3.05) is 0 Å². The predicted molar refractivity (Wildman–Crippen MR) is 101 cm³/mol. The summed E-state index contributed by atoms with van der Waals surface area (Å²) in [4.78, 5) is 24.9. The van der Waals surface area contributed by atoms with Gasteiger partial charge in [0.2, 0.25) is 5.91 Å². The molecule has 0 fully saturated rings. The standard InChI is InChI=1S/C20H23ClN2O2/c1-13(2)18(23-19(24)16-6-4-5-14(3)11-16)20(25)22-12-15-7-9-17(21)10-8-15/h4-11,13,18H,12H2,1-3H3,(H,22,25)(H,23,24). The second-order valence-corrected chi connectivity index (χ2v) is 6.85. The van der Waals surface area contributed by atoms with Gasteiger partial charge in [-0.3, -0.25) is 9.59 Å². The second-order valence-electron chi connectivity index (χ2n) is 6.41. The first-order chi connectivity index (χ1) is 11.9. The maximum atomic E-state index is 12.5. The number of hydrogen-bond acceptors (Lipinski definition) is 2. The highest BCUT2D eigenvalue weighted by molar-refractivity contribution is 6.30. The van der Waals surface area contributed by atoms with Crippen molar-refractivity contribution in [1.29, 1.82) is 0 Å². The van der Waals surface area contributed by atoms with E-state index in [1.165, 1.54) is 0 Å². The molecule has 0 aliphatic rings. The number of benzene rings is 2. The molecule has 1 unspecified atom stereocenters. The third-order valence-corrected chi connectivity index (χ3v) is 4.15. The van der Waals surface area contributed by atoms with Crippen molar-refractivity contribution in [3.63, 3.8) is 0 Å². The topological polar surface area (TPSA) is 58.2 Å². The van der Waals surface area contributed by atoms with Gasteiger partial charge in [-0.15, -0.1) is 0 Å². The van der Waals surface area contributed by atoms with Crippen LogP contribution in [0.4, 0.5) is 0 Å². The molecule has 0 bridgehead atoms. The molecular formula is C20H23ClN2O2. The number of rotatable bonds is 6. The SMILES string of the molecule is Cc1cccc(C(=O)NC(C(=O)NCc2ccc(Cl)cc2)C(C)C)c1. The predicted octanol–water partition coefficient (Wildman–Crippen LogP) is 3.72. The molecule has 5 heteroatoms. The van der Waals surface area contributed by atoms with Gasteiger partial charge in [-0.2, -0.15) is 0 Å². The molecule has 4 nitrogen and oxygen atoms in total. The monoisotopic (exact) mass is 358 g/mol. The molecular weight excluding hydrogens is 336 g/mol. The zero-order chi connectivity index (χ0) is 18.4. The van der Waals surface area contributed by atoms with Gasteiger partial charge in [-0.1, -0.05) is 55.3 Å². The molecule has 1 atom stereocenters. The molecule has 132 valence electrons. The van der Waals surface area contributed by atoms with Gasteiger partial charge in [0, 0.05) is 17.1 Å². The molecule has 0 aliphatic carbocycles. The van der Waals surface area contributed by atoms with Gasteiger partial charge in [0.25, 0.3) is 5.91 Å². The van der Waals surface area contributed by atoms with E-state index in [1.54, 1.807) is 24.3 Å². The zero-order valence-electron chi connectivity index (χ0n) is 14.7. The van der Waals surface area contributed by atoms with E-state index in [0.29, 0.717) is 17.1 Å². The van der Waals surface area contributed by atoms with Crippen molar-refractivity contribution in [3.05, 3.63) is 70.2 Å². The molecule has 2 rings (SSSR count). The van der Waals surface area contributed by atoms with E-state index in [9.17, 15) is 9.59 Å². The molecule has 0 aliphatic heterocycles. The summed E-state index contributed by atoms with van der Waals surface area (Å²) in [6, 6.07) is 14.0. The summed E-state index contributed by atoms with van der Waals surface area (Å²) < 4.78 is 0. The van der Waals surface area contributed by atoms with Crippen molar-refractivity contribution in [1.82, 2.24) is 10.6 Å². The minimum atomic E-state index is -0.597. The van der Waals surface area contributed by atoms with E-state index in [0.717, 1.165) is 11.1 Å². The number of halogens is 1. The third-order valence-electron chi connectivity index (χ3n) is 3.90. The molecule has 25 heavy (non-hydrogen) atoms. The lowest BCUT2D eigenvalue weighted by Gasteiger charge is -2.22. The van der Waals surface area contributed by atoms with Crippen LogP contribution in [0.15, 0.2) is 48.5 Å². The summed E-state index contributed by atoms with van der Waals surface area (Å²) in [5.74, 6) is -0.478. The quantitative estimate of drug-likeness (QED) is 0.826. The van der Waals surface area contributed by atoms with Crippen LogP contribution in [0, 0.1) is 12.8 Å². The number of amides is 2. The first kappa shape index (κ1) is 19.0. The summed E-state index contributed by atoms with van der Waals surface area (Å²) in [5.41, 5.74) is 2.50. The Bertz CT molecular complexity index is 742. The highest BCUT2D eigenvalue weighted by atomic mass is 35.5. The Balaban J connectivity index is 2.00.